The van der Waals surface area contributed by atoms with E-state index in [9.17, 15) is 13.6 Å². The molecule has 0 aliphatic rings. The summed E-state index contributed by atoms with van der Waals surface area (Å²) in [6.45, 7) is 0. The van der Waals surface area contributed by atoms with E-state index in [2.05, 4.69) is 15.0 Å². The van der Waals surface area contributed by atoms with Crippen LogP contribution in [0.3, 0.4) is 0 Å². The van der Waals surface area contributed by atoms with Gasteiger partial charge in [0.25, 0.3) is 0 Å². The number of aromatic nitrogens is 3. The van der Waals surface area contributed by atoms with Crippen molar-refractivity contribution >= 4 is 38.9 Å². The van der Waals surface area contributed by atoms with Crippen molar-refractivity contribution in [1.29, 1.82) is 0 Å². The lowest BCUT2D eigenvalue weighted by Crippen LogP contribution is -2.03. The normalized spacial score (nSPS) is 12.2. The molecule has 8 heteroatoms. The van der Waals surface area contributed by atoms with Crippen LogP contribution in [-0.4, -0.2) is 36.8 Å². The summed E-state index contributed by atoms with van der Waals surface area (Å²) in [5, 5.41) is 1.21. The standard InChI is InChI=1S/C19H13N3O4S/c1-26-18(23)12-7-8-13-14-10-20-19(27(24)25)22-17(14)16(21-15(13)9-12)11-5-3-2-4-6-11/h2-10H,1H3,(H,24,25). The second-order valence-electron chi connectivity index (χ2n) is 5.71. The molecule has 0 saturated heterocycles. The molecule has 0 spiro atoms. The number of carbonyl (C=O) groups excluding carboxylic acids is 1. The molecule has 2 aromatic heterocycles. The van der Waals surface area contributed by atoms with Gasteiger partial charge in [0.1, 0.15) is 5.52 Å². The highest BCUT2D eigenvalue weighted by atomic mass is 32.2. The zero-order valence-electron chi connectivity index (χ0n) is 14.1. The number of benzene rings is 2. The zero-order chi connectivity index (χ0) is 19.0. The Morgan fingerprint density at radius 2 is 1.85 bits per heavy atom. The summed E-state index contributed by atoms with van der Waals surface area (Å²) in [7, 11) is 1.32. The molecule has 0 fully saturated rings. The maximum atomic E-state index is 11.9. The Labute approximate surface area is 156 Å². The van der Waals surface area contributed by atoms with Crippen molar-refractivity contribution in [3.8, 4) is 11.3 Å². The Kier molecular flexibility index (Phi) is 4.35. The number of carbonyl (C=O) groups is 1. The Bertz CT molecular complexity index is 1210. The molecule has 0 saturated carbocycles. The van der Waals surface area contributed by atoms with Gasteiger partial charge in [-0.05, 0) is 12.1 Å². The highest BCUT2D eigenvalue weighted by Crippen LogP contribution is 2.31. The number of hydrogen-bond donors (Lipinski definition) is 1. The average Bonchev–Trinajstić information content (AvgIpc) is 2.72. The van der Waals surface area contributed by atoms with Crippen LogP contribution in [0.15, 0.2) is 59.9 Å². The number of esters is 1. The molecule has 4 rings (SSSR count). The Hall–Kier alpha value is -3.23. The minimum Gasteiger partial charge on any atom is -0.465 e. The average molecular weight is 379 g/mol. The van der Waals surface area contributed by atoms with Gasteiger partial charge in [-0.25, -0.2) is 24.0 Å². The molecule has 0 aliphatic heterocycles. The number of pyridine rings is 1. The third-order valence-corrected chi connectivity index (χ3v) is 4.64. The Morgan fingerprint density at radius 1 is 1.07 bits per heavy atom. The fraction of sp³-hybridized carbons (Fsp3) is 0.0526. The van der Waals surface area contributed by atoms with Gasteiger partial charge in [0.15, 0.2) is 0 Å². The minimum atomic E-state index is -2.31. The first kappa shape index (κ1) is 17.2. The van der Waals surface area contributed by atoms with Crippen molar-refractivity contribution < 1.29 is 18.3 Å². The molecule has 1 atom stereocenters. The van der Waals surface area contributed by atoms with Crippen molar-refractivity contribution in [2.24, 2.45) is 0 Å². The van der Waals surface area contributed by atoms with E-state index in [1.54, 1.807) is 18.2 Å². The van der Waals surface area contributed by atoms with E-state index < -0.39 is 17.0 Å². The summed E-state index contributed by atoms with van der Waals surface area (Å²) in [5.74, 6) is -0.456. The number of hydrogen-bond acceptors (Lipinski definition) is 6. The molecule has 1 N–H and O–H groups in total. The Balaban J connectivity index is 2.10. The summed E-state index contributed by atoms with van der Waals surface area (Å²) in [4.78, 5) is 24.8. The predicted octanol–water partition coefficient (Wildman–Crippen LogP) is 3.21. The monoisotopic (exact) mass is 379 g/mol. The second-order valence-corrected chi connectivity index (χ2v) is 6.58. The quantitative estimate of drug-likeness (QED) is 0.252. The van der Waals surface area contributed by atoms with Gasteiger partial charge in [-0.2, -0.15) is 0 Å². The lowest BCUT2D eigenvalue weighted by Gasteiger charge is -2.10. The van der Waals surface area contributed by atoms with Gasteiger partial charge in [-0.3, -0.25) is 4.55 Å². The van der Waals surface area contributed by atoms with E-state index in [0.717, 1.165) is 10.9 Å². The maximum absolute atomic E-state index is 11.9. The van der Waals surface area contributed by atoms with Crippen LogP contribution in [0, 0.1) is 0 Å². The first-order valence-corrected chi connectivity index (χ1v) is 9.04. The highest BCUT2D eigenvalue weighted by Gasteiger charge is 2.16. The molecule has 0 aliphatic carbocycles. The molecule has 27 heavy (non-hydrogen) atoms. The SMILES string of the molecule is COC(=O)c1ccc2c(c1)nc(-c1ccccc1)c1nc(S(=O)O)ncc12. The van der Waals surface area contributed by atoms with Crippen molar-refractivity contribution in [2.45, 2.75) is 5.16 Å². The molecule has 0 radical (unpaired) electrons. The van der Waals surface area contributed by atoms with E-state index >= 15 is 0 Å². The van der Waals surface area contributed by atoms with Crippen LogP contribution in [0.5, 0.6) is 0 Å². The maximum Gasteiger partial charge on any atom is 0.337 e. The zero-order valence-corrected chi connectivity index (χ0v) is 14.9. The van der Waals surface area contributed by atoms with Crippen LogP contribution < -0.4 is 0 Å². The molecule has 2 heterocycles. The summed E-state index contributed by atoms with van der Waals surface area (Å²) in [6.07, 6.45) is 1.50. The van der Waals surface area contributed by atoms with Crippen LogP contribution in [0.1, 0.15) is 10.4 Å². The molecule has 134 valence electrons. The molecule has 1 unspecified atom stereocenters. The van der Waals surface area contributed by atoms with Crippen molar-refractivity contribution in [3.63, 3.8) is 0 Å². The van der Waals surface area contributed by atoms with Gasteiger partial charge in [-0.15, -0.1) is 0 Å². The van der Waals surface area contributed by atoms with Gasteiger partial charge >= 0.3 is 5.97 Å². The largest absolute Gasteiger partial charge is 0.465 e. The second kappa shape index (κ2) is 6.82. The highest BCUT2D eigenvalue weighted by molar-refractivity contribution is 7.79. The molecule has 0 amide bonds. The molecule has 2 aromatic carbocycles. The van der Waals surface area contributed by atoms with E-state index in [1.165, 1.54) is 13.3 Å². The number of fused-ring (bicyclic) bond motifs is 3. The van der Waals surface area contributed by atoms with Crippen LogP contribution in [-0.2, 0) is 15.8 Å². The van der Waals surface area contributed by atoms with Crippen LogP contribution in [0.2, 0.25) is 0 Å². The predicted molar refractivity (Wildman–Crippen MR) is 101 cm³/mol. The Morgan fingerprint density at radius 3 is 2.56 bits per heavy atom. The van der Waals surface area contributed by atoms with E-state index in [-0.39, 0.29) is 5.16 Å². The minimum absolute atomic E-state index is 0.188. The van der Waals surface area contributed by atoms with Gasteiger partial charge in [0.05, 0.1) is 23.9 Å². The fourth-order valence-corrected chi connectivity index (χ4v) is 3.21. The fourth-order valence-electron chi connectivity index (χ4n) is 2.89. The van der Waals surface area contributed by atoms with E-state index in [1.807, 2.05) is 30.3 Å². The van der Waals surface area contributed by atoms with E-state index in [0.29, 0.717) is 27.7 Å². The molecular weight excluding hydrogens is 366 g/mol. The van der Waals surface area contributed by atoms with Gasteiger partial charge in [0, 0.05) is 22.5 Å². The summed E-state index contributed by atoms with van der Waals surface area (Å²) in [5.41, 5.74) is 2.75. The first-order chi connectivity index (χ1) is 13.1. The van der Waals surface area contributed by atoms with Crippen LogP contribution in [0.25, 0.3) is 33.1 Å². The summed E-state index contributed by atoms with van der Waals surface area (Å²) >= 11 is -2.31. The summed E-state index contributed by atoms with van der Waals surface area (Å²) in [6, 6.07) is 14.4. The van der Waals surface area contributed by atoms with Gasteiger partial charge < -0.3 is 4.74 Å². The van der Waals surface area contributed by atoms with Crippen molar-refractivity contribution in [3.05, 3.63) is 60.3 Å². The number of methoxy groups -OCH3 is 1. The third-order valence-electron chi connectivity index (χ3n) is 4.14. The lowest BCUT2D eigenvalue weighted by molar-refractivity contribution is 0.0601. The number of nitrogens with zero attached hydrogens (tertiary/aromatic N) is 3. The van der Waals surface area contributed by atoms with E-state index in [4.69, 9.17) is 4.74 Å². The molecular formula is C19H13N3O4S. The first-order valence-electron chi connectivity index (χ1n) is 7.93. The number of ether oxygens (including phenoxy) is 1. The topological polar surface area (TPSA) is 102 Å². The molecule has 7 nitrogen and oxygen atoms in total. The third kappa shape index (κ3) is 3.05. The van der Waals surface area contributed by atoms with Crippen LogP contribution in [0.4, 0.5) is 0 Å². The van der Waals surface area contributed by atoms with Crippen molar-refractivity contribution in [2.75, 3.05) is 7.11 Å². The smallest absolute Gasteiger partial charge is 0.337 e. The van der Waals surface area contributed by atoms with Crippen molar-refractivity contribution in [1.82, 2.24) is 15.0 Å². The van der Waals surface area contributed by atoms with Gasteiger partial charge in [0.2, 0.25) is 16.2 Å². The number of rotatable bonds is 3. The van der Waals surface area contributed by atoms with Crippen LogP contribution >= 0.6 is 0 Å². The van der Waals surface area contributed by atoms with Gasteiger partial charge in [-0.1, -0.05) is 36.4 Å². The summed E-state index contributed by atoms with van der Waals surface area (Å²) < 4.78 is 25.6. The molecule has 0 bridgehead atoms. The molecule has 4 aromatic rings. The lowest BCUT2D eigenvalue weighted by atomic mass is 10.0.